The number of nitrogens with one attached hydrogen (secondary N) is 1. The van der Waals surface area contributed by atoms with Crippen molar-refractivity contribution in [3.63, 3.8) is 0 Å². The van der Waals surface area contributed by atoms with Crippen LogP contribution < -0.4 is 5.32 Å². The molecule has 1 aromatic heterocycles. The Morgan fingerprint density at radius 1 is 1.13 bits per heavy atom. The number of carbonyl (C=O) groups is 2. The first-order valence-corrected chi connectivity index (χ1v) is 10.8. The summed E-state index contributed by atoms with van der Waals surface area (Å²) < 4.78 is 5.39. The van der Waals surface area contributed by atoms with Crippen molar-refractivity contribution in [2.45, 2.75) is 26.3 Å². The van der Waals surface area contributed by atoms with Crippen molar-refractivity contribution >= 4 is 11.8 Å². The lowest BCUT2D eigenvalue weighted by Crippen LogP contribution is -2.44. The summed E-state index contributed by atoms with van der Waals surface area (Å²) in [4.78, 5) is 37.9. The first-order valence-electron chi connectivity index (χ1n) is 10.8. The standard InChI is InChI=1S/C23H31N5O3/c1-18-16-25-21(17-24-18)23(30)28(11-10-27-12-14-31-15-13-27)9-8-22(29)26-19(2)20-6-4-3-5-7-20/h3-7,16-17,19H,8-15H2,1-2H3,(H,26,29). The molecule has 2 heterocycles. The monoisotopic (exact) mass is 425 g/mol. The molecule has 1 N–H and O–H groups in total. The van der Waals surface area contributed by atoms with Gasteiger partial charge in [0.2, 0.25) is 5.91 Å². The maximum Gasteiger partial charge on any atom is 0.274 e. The van der Waals surface area contributed by atoms with Crippen molar-refractivity contribution in [2.75, 3.05) is 45.9 Å². The van der Waals surface area contributed by atoms with Crippen LogP contribution in [0.4, 0.5) is 0 Å². The van der Waals surface area contributed by atoms with E-state index in [1.165, 1.54) is 6.20 Å². The smallest absolute Gasteiger partial charge is 0.274 e. The molecule has 1 atom stereocenters. The lowest BCUT2D eigenvalue weighted by Gasteiger charge is -2.30. The van der Waals surface area contributed by atoms with Crippen LogP contribution in [0.15, 0.2) is 42.7 Å². The van der Waals surface area contributed by atoms with E-state index < -0.39 is 0 Å². The Bertz CT molecular complexity index is 838. The molecule has 1 unspecified atom stereocenters. The molecule has 0 radical (unpaired) electrons. The molecule has 8 nitrogen and oxygen atoms in total. The topological polar surface area (TPSA) is 87.7 Å². The van der Waals surface area contributed by atoms with E-state index in [2.05, 4.69) is 20.2 Å². The summed E-state index contributed by atoms with van der Waals surface area (Å²) in [5.74, 6) is -0.291. The maximum absolute atomic E-state index is 13.0. The molecule has 0 saturated carbocycles. The van der Waals surface area contributed by atoms with Crippen molar-refractivity contribution in [2.24, 2.45) is 0 Å². The third kappa shape index (κ3) is 7.11. The quantitative estimate of drug-likeness (QED) is 0.660. The van der Waals surface area contributed by atoms with Gasteiger partial charge >= 0.3 is 0 Å². The Morgan fingerprint density at radius 3 is 2.55 bits per heavy atom. The number of nitrogens with zero attached hydrogens (tertiary/aromatic N) is 4. The third-order valence-electron chi connectivity index (χ3n) is 5.36. The van der Waals surface area contributed by atoms with Gasteiger partial charge in [-0.1, -0.05) is 30.3 Å². The highest BCUT2D eigenvalue weighted by Crippen LogP contribution is 2.11. The van der Waals surface area contributed by atoms with Crippen molar-refractivity contribution in [1.82, 2.24) is 25.1 Å². The number of hydrogen-bond donors (Lipinski definition) is 1. The van der Waals surface area contributed by atoms with Crippen molar-refractivity contribution in [1.29, 1.82) is 0 Å². The van der Waals surface area contributed by atoms with E-state index in [1.54, 1.807) is 11.1 Å². The highest BCUT2D eigenvalue weighted by atomic mass is 16.5. The zero-order valence-electron chi connectivity index (χ0n) is 18.3. The van der Waals surface area contributed by atoms with Crippen molar-refractivity contribution in [3.05, 3.63) is 59.7 Å². The summed E-state index contributed by atoms with van der Waals surface area (Å²) >= 11 is 0. The molecule has 1 saturated heterocycles. The van der Waals surface area contributed by atoms with E-state index in [0.29, 0.717) is 32.0 Å². The summed E-state index contributed by atoms with van der Waals surface area (Å²) in [6.07, 6.45) is 3.31. The number of carbonyl (C=O) groups excluding carboxylic acids is 2. The van der Waals surface area contributed by atoms with Crippen molar-refractivity contribution < 1.29 is 14.3 Å². The molecule has 31 heavy (non-hydrogen) atoms. The first kappa shape index (κ1) is 22.8. The molecule has 2 amide bonds. The first-order chi connectivity index (χ1) is 15.0. The van der Waals surface area contributed by atoms with Crippen LogP contribution in [-0.2, 0) is 9.53 Å². The van der Waals surface area contributed by atoms with Gasteiger partial charge in [-0.3, -0.25) is 19.5 Å². The van der Waals surface area contributed by atoms with Crippen LogP contribution in [0.1, 0.15) is 41.1 Å². The van der Waals surface area contributed by atoms with E-state index >= 15 is 0 Å². The molecule has 1 aliphatic rings. The summed E-state index contributed by atoms with van der Waals surface area (Å²) in [5, 5.41) is 3.01. The molecule has 0 bridgehead atoms. The van der Waals surface area contributed by atoms with Gasteiger partial charge in [0.1, 0.15) is 5.69 Å². The molecule has 8 heteroatoms. The Morgan fingerprint density at radius 2 is 1.87 bits per heavy atom. The van der Waals surface area contributed by atoms with Crippen LogP contribution in [0.25, 0.3) is 0 Å². The van der Waals surface area contributed by atoms with Crippen LogP contribution in [0, 0.1) is 6.92 Å². The molecular weight excluding hydrogens is 394 g/mol. The molecule has 3 rings (SSSR count). The fraction of sp³-hybridized carbons (Fsp3) is 0.478. The van der Waals surface area contributed by atoms with E-state index in [4.69, 9.17) is 4.74 Å². The van der Waals surface area contributed by atoms with Crippen LogP contribution >= 0.6 is 0 Å². The number of amides is 2. The Hall–Kier alpha value is -2.84. The van der Waals surface area contributed by atoms with Gasteiger partial charge in [-0.15, -0.1) is 0 Å². The minimum absolute atomic E-state index is 0.0875. The number of hydrogen-bond acceptors (Lipinski definition) is 6. The third-order valence-corrected chi connectivity index (χ3v) is 5.36. The highest BCUT2D eigenvalue weighted by Gasteiger charge is 2.21. The number of morpholine rings is 1. The van der Waals surface area contributed by atoms with Gasteiger partial charge in [0.05, 0.1) is 31.1 Å². The lowest BCUT2D eigenvalue weighted by molar-refractivity contribution is -0.121. The molecule has 1 aliphatic heterocycles. The van der Waals surface area contributed by atoms with Gasteiger partial charge in [0.25, 0.3) is 5.91 Å². The SMILES string of the molecule is Cc1cnc(C(=O)N(CCC(=O)NC(C)c2ccccc2)CCN2CCOCC2)cn1. The van der Waals surface area contributed by atoms with Gasteiger partial charge in [0.15, 0.2) is 0 Å². The Balaban J connectivity index is 1.58. The predicted octanol–water partition coefficient (Wildman–Crippen LogP) is 1.83. The van der Waals surface area contributed by atoms with E-state index in [1.807, 2.05) is 44.2 Å². The van der Waals surface area contributed by atoms with Crippen molar-refractivity contribution in [3.8, 4) is 0 Å². The zero-order valence-corrected chi connectivity index (χ0v) is 18.3. The van der Waals surface area contributed by atoms with Crippen LogP contribution in [0.3, 0.4) is 0 Å². The molecule has 0 aliphatic carbocycles. The molecular formula is C23H31N5O3. The molecule has 1 fully saturated rings. The van der Waals surface area contributed by atoms with Gasteiger partial charge < -0.3 is 15.0 Å². The average Bonchev–Trinajstić information content (AvgIpc) is 2.80. The predicted molar refractivity (Wildman–Crippen MR) is 118 cm³/mol. The van der Waals surface area contributed by atoms with Gasteiger partial charge in [-0.25, -0.2) is 4.98 Å². The van der Waals surface area contributed by atoms with Crippen LogP contribution in [0.2, 0.25) is 0 Å². The number of aromatic nitrogens is 2. The van der Waals surface area contributed by atoms with E-state index in [9.17, 15) is 9.59 Å². The number of benzene rings is 1. The summed E-state index contributed by atoms with van der Waals surface area (Å²) in [6, 6.07) is 9.73. The number of rotatable bonds is 9. The van der Waals surface area contributed by atoms with Gasteiger partial charge in [-0.05, 0) is 19.4 Å². The second-order valence-corrected chi connectivity index (χ2v) is 7.74. The van der Waals surface area contributed by atoms with Crippen LogP contribution in [0.5, 0.6) is 0 Å². The Kier molecular flexibility index (Phi) is 8.49. The van der Waals surface area contributed by atoms with E-state index in [0.717, 1.165) is 30.9 Å². The Labute approximate surface area is 183 Å². The number of aryl methyl sites for hydroxylation is 1. The maximum atomic E-state index is 13.0. The summed E-state index contributed by atoms with van der Waals surface area (Å²) in [7, 11) is 0. The largest absolute Gasteiger partial charge is 0.379 e. The normalized spacial score (nSPS) is 15.3. The summed E-state index contributed by atoms with van der Waals surface area (Å²) in [6.45, 7) is 8.47. The van der Waals surface area contributed by atoms with E-state index in [-0.39, 0.29) is 24.3 Å². The minimum Gasteiger partial charge on any atom is -0.379 e. The highest BCUT2D eigenvalue weighted by molar-refractivity contribution is 5.92. The fourth-order valence-electron chi connectivity index (χ4n) is 3.44. The lowest BCUT2D eigenvalue weighted by atomic mass is 10.1. The van der Waals surface area contributed by atoms with Crippen LogP contribution in [-0.4, -0.2) is 77.5 Å². The number of ether oxygens (including phenoxy) is 1. The second kappa shape index (κ2) is 11.5. The molecule has 166 valence electrons. The van der Waals surface area contributed by atoms with Gasteiger partial charge in [-0.2, -0.15) is 0 Å². The fourth-order valence-corrected chi connectivity index (χ4v) is 3.44. The summed E-state index contributed by atoms with van der Waals surface area (Å²) in [5.41, 5.74) is 2.10. The molecule has 2 aromatic rings. The molecule has 1 aromatic carbocycles. The zero-order chi connectivity index (χ0) is 22.1. The molecule has 0 spiro atoms. The average molecular weight is 426 g/mol. The second-order valence-electron chi connectivity index (χ2n) is 7.74. The van der Waals surface area contributed by atoms with Gasteiger partial charge in [0, 0.05) is 45.3 Å². The minimum atomic E-state index is -0.204.